The van der Waals surface area contributed by atoms with Crippen LogP contribution in [0.25, 0.3) is 0 Å². The maximum atomic E-state index is 5.96. The fraction of sp³-hybridized carbons (Fsp3) is 0.571. The minimum Gasteiger partial charge on any atom is -0.489 e. The van der Waals surface area contributed by atoms with E-state index < -0.39 is 0 Å². The number of nitrogens with one attached hydrogen (secondary N) is 1. The van der Waals surface area contributed by atoms with Crippen molar-refractivity contribution in [1.82, 2.24) is 5.32 Å². The van der Waals surface area contributed by atoms with Crippen molar-refractivity contribution in [3.05, 3.63) is 28.2 Å². The van der Waals surface area contributed by atoms with Crippen LogP contribution in [0.3, 0.4) is 0 Å². The van der Waals surface area contributed by atoms with Gasteiger partial charge in [-0.25, -0.2) is 0 Å². The maximum Gasteiger partial charge on any atom is 0.122 e. The van der Waals surface area contributed by atoms with Gasteiger partial charge in [-0.3, -0.25) is 0 Å². The highest BCUT2D eigenvalue weighted by atomic mass is 35.5. The molecule has 0 fully saturated rings. The zero-order valence-corrected chi connectivity index (χ0v) is 12.5. The molecule has 0 saturated heterocycles. The van der Waals surface area contributed by atoms with Gasteiger partial charge >= 0.3 is 0 Å². The zero-order chi connectivity index (χ0) is 13.4. The highest BCUT2D eigenvalue weighted by Crippen LogP contribution is 2.25. The second-order valence-electron chi connectivity index (χ2n) is 4.34. The molecule has 0 bridgehead atoms. The predicted molar refractivity (Wildman–Crippen MR) is 78.9 cm³/mol. The molecule has 1 aromatic rings. The van der Waals surface area contributed by atoms with E-state index in [0.717, 1.165) is 38.1 Å². The largest absolute Gasteiger partial charge is 0.489 e. The van der Waals surface area contributed by atoms with E-state index in [0.29, 0.717) is 10.0 Å². The molecule has 0 spiro atoms. The number of benzene rings is 1. The van der Waals surface area contributed by atoms with Crippen molar-refractivity contribution in [2.45, 2.75) is 39.2 Å². The third kappa shape index (κ3) is 5.94. The Bertz CT molecular complexity index is 337. The summed E-state index contributed by atoms with van der Waals surface area (Å²) in [4.78, 5) is 0. The van der Waals surface area contributed by atoms with E-state index in [2.05, 4.69) is 19.2 Å². The van der Waals surface area contributed by atoms with Crippen LogP contribution < -0.4 is 10.1 Å². The molecule has 102 valence electrons. The lowest BCUT2D eigenvalue weighted by atomic mass is 10.2. The predicted octanol–water partition coefficient (Wildman–Crippen LogP) is 4.54. The third-order valence-corrected chi connectivity index (χ3v) is 2.98. The Hall–Kier alpha value is -0.440. The van der Waals surface area contributed by atoms with Crippen molar-refractivity contribution < 1.29 is 4.74 Å². The minimum atomic E-state index is 0.163. The molecule has 0 aromatic heterocycles. The van der Waals surface area contributed by atoms with E-state index in [1.807, 2.05) is 0 Å². The van der Waals surface area contributed by atoms with Gasteiger partial charge in [0.25, 0.3) is 0 Å². The van der Waals surface area contributed by atoms with E-state index in [9.17, 15) is 0 Å². The Morgan fingerprint density at radius 3 is 2.33 bits per heavy atom. The first-order valence-corrected chi connectivity index (χ1v) is 7.24. The highest BCUT2D eigenvalue weighted by molar-refractivity contribution is 6.34. The number of rotatable bonds is 8. The molecule has 1 unspecified atom stereocenters. The summed E-state index contributed by atoms with van der Waals surface area (Å²) in [5.41, 5.74) is 0. The normalized spacial score (nSPS) is 12.4. The van der Waals surface area contributed by atoms with Gasteiger partial charge in [-0.05, 0) is 37.6 Å². The van der Waals surface area contributed by atoms with Crippen LogP contribution in [-0.4, -0.2) is 19.2 Å². The first kappa shape index (κ1) is 15.6. The minimum absolute atomic E-state index is 0.163. The van der Waals surface area contributed by atoms with Crippen LogP contribution in [0.4, 0.5) is 0 Å². The molecule has 2 nitrogen and oxygen atoms in total. The Morgan fingerprint density at radius 1 is 1.11 bits per heavy atom. The van der Waals surface area contributed by atoms with Crippen LogP contribution in [0, 0.1) is 0 Å². The van der Waals surface area contributed by atoms with E-state index in [-0.39, 0.29) is 6.10 Å². The van der Waals surface area contributed by atoms with E-state index in [4.69, 9.17) is 27.9 Å². The van der Waals surface area contributed by atoms with Crippen LogP contribution in [-0.2, 0) is 0 Å². The molecule has 1 atom stereocenters. The van der Waals surface area contributed by atoms with Gasteiger partial charge in [0.2, 0.25) is 0 Å². The van der Waals surface area contributed by atoms with Crippen LogP contribution in [0.5, 0.6) is 5.75 Å². The van der Waals surface area contributed by atoms with Crippen molar-refractivity contribution >= 4 is 23.2 Å². The SMILES string of the molecule is CCCNCC(CCC)Oc1cc(Cl)cc(Cl)c1. The Labute approximate surface area is 120 Å². The molecule has 0 amide bonds. The standard InChI is InChI=1S/C14H21Cl2NO/c1-3-5-13(10-17-6-4-2)18-14-8-11(15)7-12(16)9-14/h7-9,13,17H,3-6,10H2,1-2H3. The van der Waals surface area contributed by atoms with Crippen LogP contribution in [0.1, 0.15) is 33.1 Å². The summed E-state index contributed by atoms with van der Waals surface area (Å²) in [7, 11) is 0. The van der Waals surface area contributed by atoms with Gasteiger partial charge in [-0.2, -0.15) is 0 Å². The number of ether oxygens (including phenoxy) is 1. The van der Waals surface area contributed by atoms with Crippen molar-refractivity contribution in [2.24, 2.45) is 0 Å². The fourth-order valence-corrected chi connectivity index (χ4v) is 2.26. The third-order valence-electron chi connectivity index (χ3n) is 2.55. The molecule has 0 aliphatic carbocycles. The molecule has 1 aromatic carbocycles. The monoisotopic (exact) mass is 289 g/mol. The maximum absolute atomic E-state index is 5.96. The molecule has 0 aliphatic heterocycles. The fourth-order valence-electron chi connectivity index (χ4n) is 1.75. The van der Waals surface area contributed by atoms with Crippen LogP contribution >= 0.6 is 23.2 Å². The zero-order valence-electron chi connectivity index (χ0n) is 11.0. The van der Waals surface area contributed by atoms with Gasteiger partial charge in [0.1, 0.15) is 11.9 Å². The Kier molecular flexibility index (Phi) is 7.48. The Morgan fingerprint density at radius 2 is 1.78 bits per heavy atom. The average molecular weight is 290 g/mol. The molecule has 18 heavy (non-hydrogen) atoms. The second kappa shape index (κ2) is 8.63. The molecule has 1 rings (SSSR count). The summed E-state index contributed by atoms with van der Waals surface area (Å²) in [6.07, 6.45) is 3.39. The number of hydrogen-bond acceptors (Lipinski definition) is 2. The first-order chi connectivity index (χ1) is 8.65. The van der Waals surface area contributed by atoms with Gasteiger partial charge in [-0.15, -0.1) is 0 Å². The van der Waals surface area contributed by atoms with Gasteiger partial charge < -0.3 is 10.1 Å². The molecular weight excluding hydrogens is 269 g/mol. The van der Waals surface area contributed by atoms with Gasteiger partial charge in [0, 0.05) is 16.6 Å². The lowest BCUT2D eigenvalue weighted by Gasteiger charge is -2.19. The van der Waals surface area contributed by atoms with Gasteiger partial charge in [0.15, 0.2) is 0 Å². The average Bonchev–Trinajstić information content (AvgIpc) is 2.28. The van der Waals surface area contributed by atoms with E-state index in [1.54, 1.807) is 18.2 Å². The van der Waals surface area contributed by atoms with Crippen molar-refractivity contribution in [3.8, 4) is 5.75 Å². The van der Waals surface area contributed by atoms with Crippen molar-refractivity contribution in [3.63, 3.8) is 0 Å². The van der Waals surface area contributed by atoms with Crippen molar-refractivity contribution in [1.29, 1.82) is 0 Å². The van der Waals surface area contributed by atoms with Gasteiger partial charge in [0.05, 0.1) is 0 Å². The molecule has 0 saturated carbocycles. The molecular formula is C14H21Cl2NO. The summed E-state index contributed by atoms with van der Waals surface area (Å²) in [6.45, 7) is 6.17. The lowest BCUT2D eigenvalue weighted by molar-refractivity contribution is 0.186. The molecule has 1 N–H and O–H groups in total. The summed E-state index contributed by atoms with van der Waals surface area (Å²) in [5, 5.41) is 4.59. The quantitative estimate of drug-likeness (QED) is 0.710. The summed E-state index contributed by atoms with van der Waals surface area (Å²) in [6, 6.07) is 5.31. The summed E-state index contributed by atoms with van der Waals surface area (Å²) >= 11 is 11.9. The van der Waals surface area contributed by atoms with Crippen LogP contribution in [0.2, 0.25) is 10.0 Å². The Balaban J connectivity index is 2.58. The topological polar surface area (TPSA) is 21.3 Å². The molecule has 0 radical (unpaired) electrons. The smallest absolute Gasteiger partial charge is 0.122 e. The highest BCUT2D eigenvalue weighted by Gasteiger charge is 2.10. The second-order valence-corrected chi connectivity index (χ2v) is 5.21. The summed E-state index contributed by atoms with van der Waals surface area (Å²) < 4.78 is 5.93. The van der Waals surface area contributed by atoms with Gasteiger partial charge in [-0.1, -0.05) is 43.5 Å². The number of halogens is 2. The first-order valence-electron chi connectivity index (χ1n) is 6.49. The summed E-state index contributed by atoms with van der Waals surface area (Å²) in [5.74, 6) is 0.740. The van der Waals surface area contributed by atoms with E-state index >= 15 is 0 Å². The van der Waals surface area contributed by atoms with E-state index in [1.165, 1.54) is 0 Å². The molecule has 4 heteroatoms. The van der Waals surface area contributed by atoms with Crippen molar-refractivity contribution in [2.75, 3.05) is 13.1 Å². The lowest BCUT2D eigenvalue weighted by Crippen LogP contribution is -2.31. The molecule has 0 aliphatic rings. The number of hydrogen-bond donors (Lipinski definition) is 1. The molecule has 0 heterocycles. The van der Waals surface area contributed by atoms with Crippen LogP contribution in [0.15, 0.2) is 18.2 Å².